The zero-order chi connectivity index (χ0) is 16.7. The first-order valence-electron chi connectivity index (χ1n) is 8.64. The first-order valence-corrected chi connectivity index (χ1v) is 8.64. The van der Waals surface area contributed by atoms with Gasteiger partial charge in [0.25, 0.3) is 0 Å². The first-order chi connectivity index (χ1) is 11.2. The van der Waals surface area contributed by atoms with Crippen molar-refractivity contribution in [1.82, 2.24) is 0 Å². The molecular weight excluding hydrogens is 276 g/mol. The molecule has 2 aromatic carbocycles. The lowest BCUT2D eigenvalue weighted by Gasteiger charge is -2.10. The molecule has 0 aliphatic heterocycles. The summed E-state index contributed by atoms with van der Waals surface area (Å²) in [4.78, 5) is 0. The lowest BCUT2D eigenvalue weighted by atomic mass is 9.95. The molecule has 0 spiro atoms. The third-order valence-electron chi connectivity index (χ3n) is 4.60. The Morgan fingerprint density at radius 1 is 0.783 bits per heavy atom. The smallest absolute Gasteiger partial charge is 0.0260 e. The van der Waals surface area contributed by atoms with Crippen LogP contribution >= 0.6 is 0 Å². The summed E-state index contributed by atoms with van der Waals surface area (Å²) in [7, 11) is 0. The maximum Gasteiger partial charge on any atom is -0.0260 e. The van der Waals surface area contributed by atoms with Gasteiger partial charge in [-0.15, -0.1) is 0 Å². The molecule has 0 radical (unpaired) electrons. The van der Waals surface area contributed by atoms with Gasteiger partial charge in [0, 0.05) is 0 Å². The van der Waals surface area contributed by atoms with Crippen molar-refractivity contribution in [2.45, 2.75) is 46.0 Å². The van der Waals surface area contributed by atoms with Crippen molar-refractivity contribution in [3.05, 3.63) is 82.9 Å². The molecule has 0 heterocycles. The van der Waals surface area contributed by atoms with Crippen molar-refractivity contribution in [2.24, 2.45) is 0 Å². The largest absolute Gasteiger partial charge is 0.0985 e. The van der Waals surface area contributed by atoms with Gasteiger partial charge in [0.05, 0.1) is 0 Å². The molecule has 0 atom stereocenters. The van der Waals surface area contributed by atoms with Crippen LogP contribution in [0.15, 0.2) is 49.6 Å². The molecule has 0 aliphatic rings. The Labute approximate surface area is 141 Å². The number of benzene rings is 2. The molecule has 0 N–H and O–H groups in total. The SMILES string of the molecule is C=Cc1ccc(C)c(CCCCc2cc(C=C)ccc2CC)c1. The molecular formula is C23H28. The van der Waals surface area contributed by atoms with Gasteiger partial charge >= 0.3 is 0 Å². The fourth-order valence-corrected chi connectivity index (χ4v) is 3.07. The zero-order valence-electron chi connectivity index (χ0n) is 14.6. The fourth-order valence-electron chi connectivity index (χ4n) is 3.07. The van der Waals surface area contributed by atoms with Gasteiger partial charge in [0.1, 0.15) is 0 Å². The first kappa shape index (κ1) is 17.3. The van der Waals surface area contributed by atoms with Crippen LogP contribution in [0.3, 0.4) is 0 Å². The van der Waals surface area contributed by atoms with E-state index >= 15 is 0 Å². The normalized spacial score (nSPS) is 10.5. The molecule has 120 valence electrons. The number of hydrogen-bond donors (Lipinski definition) is 0. The molecule has 0 amide bonds. The highest BCUT2D eigenvalue weighted by atomic mass is 14.1. The molecule has 0 saturated carbocycles. The summed E-state index contributed by atoms with van der Waals surface area (Å²) >= 11 is 0. The zero-order valence-corrected chi connectivity index (χ0v) is 14.6. The Balaban J connectivity index is 1.95. The highest BCUT2D eigenvalue weighted by molar-refractivity contribution is 5.50. The Morgan fingerprint density at radius 2 is 1.35 bits per heavy atom. The fraction of sp³-hybridized carbons (Fsp3) is 0.304. The van der Waals surface area contributed by atoms with Crippen LogP contribution in [0.1, 0.15) is 53.1 Å². The summed E-state index contributed by atoms with van der Waals surface area (Å²) in [6.45, 7) is 12.2. The molecule has 0 nitrogen and oxygen atoms in total. The van der Waals surface area contributed by atoms with E-state index in [2.05, 4.69) is 63.4 Å². The monoisotopic (exact) mass is 304 g/mol. The van der Waals surface area contributed by atoms with Crippen LogP contribution in [0.25, 0.3) is 12.2 Å². The van der Waals surface area contributed by atoms with Gasteiger partial charge < -0.3 is 0 Å². The third kappa shape index (κ3) is 4.69. The van der Waals surface area contributed by atoms with Crippen molar-refractivity contribution < 1.29 is 0 Å². The predicted molar refractivity (Wildman–Crippen MR) is 104 cm³/mol. The van der Waals surface area contributed by atoms with E-state index in [1.54, 1.807) is 0 Å². The summed E-state index contributed by atoms with van der Waals surface area (Å²) in [5.74, 6) is 0. The van der Waals surface area contributed by atoms with E-state index in [1.807, 2.05) is 12.2 Å². The minimum Gasteiger partial charge on any atom is -0.0985 e. The number of unbranched alkanes of at least 4 members (excludes halogenated alkanes) is 1. The van der Waals surface area contributed by atoms with E-state index < -0.39 is 0 Å². The van der Waals surface area contributed by atoms with Gasteiger partial charge in [0.15, 0.2) is 0 Å². The third-order valence-corrected chi connectivity index (χ3v) is 4.60. The molecule has 23 heavy (non-hydrogen) atoms. The van der Waals surface area contributed by atoms with Crippen LogP contribution in [-0.2, 0) is 19.3 Å². The average molecular weight is 304 g/mol. The quantitative estimate of drug-likeness (QED) is 0.494. The second-order valence-electron chi connectivity index (χ2n) is 6.18. The van der Waals surface area contributed by atoms with E-state index in [9.17, 15) is 0 Å². The van der Waals surface area contributed by atoms with Crippen molar-refractivity contribution in [3.8, 4) is 0 Å². The van der Waals surface area contributed by atoms with Crippen molar-refractivity contribution >= 4 is 12.2 Å². The van der Waals surface area contributed by atoms with Crippen LogP contribution in [0.4, 0.5) is 0 Å². The van der Waals surface area contributed by atoms with Gasteiger partial charge in [-0.2, -0.15) is 0 Å². The Hall–Kier alpha value is -2.08. The second kappa shape index (κ2) is 8.53. The highest BCUT2D eigenvalue weighted by Crippen LogP contribution is 2.19. The average Bonchev–Trinajstić information content (AvgIpc) is 2.59. The lowest BCUT2D eigenvalue weighted by Crippen LogP contribution is -1.96. The molecule has 0 aliphatic carbocycles. The van der Waals surface area contributed by atoms with Crippen LogP contribution in [0, 0.1) is 6.92 Å². The number of aryl methyl sites for hydroxylation is 4. The maximum absolute atomic E-state index is 3.88. The minimum atomic E-state index is 1.10. The Kier molecular flexibility index (Phi) is 6.40. The number of rotatable bonds is 8. The topological polar surface area (TPSA) is 0 Å². The Bertz CT molecular complexity index is 676. The standard InChI is InChI=1S/C23H28/c1-5-19-13-12-18(4)22(16-19)10-8-9-11-23-17-20(6-2)14-15-21(23)7-3/h5-6,12-17H,1-2,7-11H2,3-4H3. The van der Waals surface area contributed by atoms with Crippen LogP contribution in [0.2, 0.25) is 0 Å². The van der Waals surface area contributed by atoms with Gasteiger partial charge in [-0.1, -0.05) is 68.6 Å². The Morgan fingerprint density at radius 3 is 1.96 bits per heavy atom. The number of hydrogen-bond acceptors (Lipinski definition) is 0. The summed E-state index contributed by atoms with van der Waals surface area (Å²) < 4.78 is 0. The van der Waals surface area contributed by atoms with Gasteiger partial charge in [0.2, 0.25) is 0 Å². The minimum absolute atomic E-state index is 1.10. The molecule has 0 fully saturated rings. The van der Waals surface area contributed by atoms with Crippen LogP contribution < -0.4 is 0 Å². The van der Waals surface area contributed by atoms with E-state index in [0.717, 1.165) is 19.3 Å². The predicted octanol–water partition coefficient (Wildman–Crippen LogP) is 6.41. The van der Waals surface area contributed by atoms with Crippen molar-refractivity contribution in [3.63, 3.8) is 0 Å². The van der Waals surface area contributed by atoms with Gasteiger partial charge in [-0.3, -0.25) is 0 Å². The van der Waals surface area contributed by atoms with Crippen LogP contribution in [-0.4, -0.2) is 0 Å². The molecule has 0 aromatic heterocycles. The molecule has 0 saturated heterocycles. The lowest BCUT2D eigenvalue weighted by molar-refractivity contribution is 0.727. The maximum atomic E-state index is 3.88. The van der Waals surface area contributed by atoms with Crippen molar-refractivity contribution in [1.29, 1.82) is 0 Å². The molecule has 0 heteroatoms. The van der Waals surface area contributed by atoms with Gasteiger partial charge in [-0.05, 0) is 72.4 Å². The summed E-state index contributed by atoms with van der Waals surface area (Å²) in [6.07, 6.45) is 9.73. The van der Waals surface area contributed by atoms with E-state index in [1.165, 1.54) is 46.2 Å². The van der Waals surface area contributed by atoms with Crippen molar-refractivity contribution in [2.75, 3.05) is 0 Å². The highest BCUT2D eigenvalue weighted by Gasteiger charge is 2.03. The van der Waals surface area contributed by atoms with E-state index in [-0.39, 0.29) is 0 Å². The summed E-state index contributed by atoms with van der Waals surface area (Å²) in [6, 6.07) is 13.3. The molecule has 0 unspecified atom stereocenters. The summed E-state index contributed by atoms with van der Waals surface area (Å²) in [5, 5.41) is 0. The second-order valence-corrected chi connectivity index (χ2v) is 6.18. The van der Waals surface area contributed by atoms with E-state index in [0.29, 0.717) is 0 Å². The molecule has 0 bridgehead atoms. The summed E-state index contributed by atoms with van der Waals surface area (Å²) in [5.41, 5.74) is 8.25. The van der Waals surface area contributed by atoms with E-state index in [4.69, 9.17) is 0 Å². The molecule has 2 rings (SSSR count). The van der Waals surface area contributed by atoms with Crippen LogP contribution in [0.5, 0.6) is 0 Å². The van der Waals surface area contributed by atoms with Gasteiger partial charge in [-0.25, -0.2) is 0 Å². The molecule has 2 aromatic rings.